The topological polar surface area (TPSA) is 89.8 Å². The van der Waals surface area contributed by atoms with Crippen LogP contribution in [0.4, 0.5) is 0 Å². The van der Waals surface area contributed by atoms with Crippen molar-refractivity contribution in [3.05, 3.63) is 89.4 Å². The average molecular weight is 548 g/mol. The number of rotatable bonds is 9. The van der Waals surface area contributed by atoms with E-state index in [4.69, 9.17) is 21.1 Å². The highest BCUT2D eigenvalue weighted by Gasteiger charge is 2.42. The number of amides is 2. The van der Waals surface area contributed by atoms with Crippen molar-refractivity contribution in [2.24, 2.45) is 0 Å². The molecule has 0 radical (unpaired) electrons. The predicted molar refractivity (Wildman–Crippen MR) is 147 cm³/mol. The number of carbonyl (C=O) groups is 2. The van der Waals surface area contributed by atoms with Gasteiger partial charge in [-0.15, -0.1) is 0 Å². The van der Waals surface area contributed by atoms with Gasteiger partial charge in [0, 0.05) is 25.2 Å². The van der Waals surface area contributed by atoms with Gasteiger partial charge >= 0.3 is 0 Å². The molecule has 1 saturated heterocycles. The van der Waals surface area contributed by atoms with E-state index >= 15 is 0 Å². The molecule has 10 heteroatoms. The van der Waals surface area contributed by atoms with Crippen molar-refractivity contribution in [2.45, 2.75) is 25.1 Å². The third-order valence-electron chi connectivity index (χ3n) is 6.68. The molecule has 4 aromatic rings. The Balaban J connectivity index is 1.31. The Labute approximate surface area is 231 Å². The number of morpholine rings is 1. The van der Waals surface area contributed by atoms with Gasteiger partial charge in [0.15, 0.2) is 0 Å². The Kier molecular flexibility index (Phi) is 8.09. The summed E-state index contributed by atoms with van der Waals surface area (Å²) >= 11 is 6.02. The second-order valence-corrected chi connectivity index (χ2v) is 10.2. The van der Waals surface area contributed by atoms with Gasteiger partial charge in [-0.25, -0.2) is 0 Å². The Hall–Kier alpha value is -3.95. The second-order valence-electron chi connectivity index (χ2n) is 9.72. The van der Waals surface area contributed by atoms with Crippen molar-refractivity contribution >= 4 is 34.4 Å². The summed E-state index contributed by atoms with van der Waals surface area (Å²) in [5.41, 5.74) is 1.45. The van der Waals surface area contributed by atoms with Crippen molar-refractivity contribution in [3.63, 3.8) is 0 Å². The molecule has 1 aliphatic heterocycles. The summed E-state index contributed by atoms with van der Waals surface area (Å²) in [6.45, 7) is 1.42. The van der Waals surface area contributed by atoms with Crippen LogP contribution in [-0.4, -0.2) is 75.6 Å². The van der Waals surface area contributed by atoms with Gasteiger partial charge < -0.3 is 19.3 Å². The maximum absolute atomic E-state index is 13.4. The SMILES string of the molecule is CN(Cc1ccccc1)C(=O)C[C@@]1(COc2ccc(Cl)cc2)CN(C(=O)Cn2nc3ccccc3n2)CCO1. The van der Waals surface area contributed by atoms with Crippen LogP contribution in [0.1, 0.15) is 12.0 Å². The molecule has 0 saturated carbocycles. The first-order valence-electron chi connectivity index (χ1n) is 12.8. The van der Waals surface area contributed by atoms with E-state index in [9.17, 15) is 9.59 Å². The fraction of sp³-hybridized carbons (Fsp3) is 0.310. The van der Waals surface area contributed by atoms with Gasteiger partial charge in [0.25, 0.3) is 0 Å². The molecule has 202 valence electrons. The zero-order valence-corrected chi connectivity index (χ0v) is 22.5. The number of hydrogen-bond acceptors (Lipinski definition) is 6. The maximum atomic E-state index is 13.4. The predicted octanol–water partition coefficient (Wildman–Crippen LogP) is 3.81. The highest BCUT2D eigenvalue weighted by Crippen LogP contribution is 2.26. The van der Waals surface area contributed by atoms with E-state index in [0.29, 0.717) is 23.9 Å². The van der Waals surface area contributed by atoms with E-state index in [1.54, 1.807) is 41.1 Å². The van der Waals surface area contributed by atoms with Crippen LogP contribution in [0, 0.1) is 0 Å². The van der Waals surface area contributed by atoms with E-state index in [1.165, 1.54) is 4.80 Å². The number of halogens is 1. The molecule has 0 spiro atoms. The quantitative estimate of drug-likeness (QED) is 0.316. The second kappa shape index (κ2) is 11.8. The third-order valence-corrected chi connectivity index (χ3v) is 6.94. The van der Waals surface area contributed by atoms with Crippen LogP contribution in [0.25, 0.3) is 11.0 Å². The molecule has 39 heavy (non-hydrogen) atoms. The fourth-order valence-corrected chi connectivity index (χ4v) is 4.73. The standard InChI is InChI=1S/C29H30ClN5O4/c1-33(18-22-7-3-2-4-8-22)27(36)17-29(21-38-24-13-11-23(30)12-14-24)20-34(15-16-39-29)28(37)19-35-31-25-9-5-6-10-26(25)32-35/h2-14H,15-21H2,1H3/t29-/m0/s1. The molecule has 1 atom stereocenters. The van der Waals surface area contributed by atoms with Gasteiger partial charge in [0.2, 0.25) is 11.8 Å². The normalized spacial score (nSPS) is 17.2. The Morgan fingerprint density at radius 1 is 1.00 bits per heavy atom. The van der Waals surface area contributed by atoms with Crippen molar-refractivity contribution in [3.8, 4) is 5.75 Å². The molecule has 0 bridgehead atoms. The van der Waals surface area contributed by atoms with Crippen LogP contribution in [0.3, 0.4) is 0 Å². The van der Waals surface area contributed by atoms with Crippen LogP contribution >= 0.6 is 11.6 Å². The smallest absolute Gasteiger partial charge is 0.246 e. The van der Waals surface area contributed by atoms with Crippen molar-refractivity contribution < 1.29 is 19.1 Å². The lowest BCUT2D eigenvalue weighted by Gasteiger charge is -2.42. The monoisotopic (exact) mass is 547 g/mol. The van der Waals surface area contributed by atoms with Gasteiger partial charge in [-0.05, 0) is 42.0 Å². The largest absolute Gasteiger partial charge is 0.490 e. The minimum Gasteiger partial charge on any atom is -0.490 e. The number of benzene rings is 3. The Morgan fingerprint density at radius 2 is 1.67 bits per heavy atom. The van der Waals surface area contributed by atoms with Crippen LogP contribution in [0.5, 0.6) is 5.75 Å². The van der Waals surface area contributed by atoms with Crippen LogP contribution in [-0.2, 0) is 27.4 Å². The van der Waals surface area contributed by atoms with E-state index in [-0.39, 0.29) is 44.5 Å². The molecular weight excluding hydrogens is 518 g/mol. The first-order valence-corrected chi connectivity index (χ1v) is 13.1. The zero-order chi connectivity index (χ0) is 27.2. The minimum absolute atomic E-state index is 0.00927. The van der Waals surface area contributed by atoms with E-state index in [0.717, 1.165) is 16.6 Å². The molecule has 1 aliphatic rings. The van der Waals surface area contributed by atoms with Crippen LogP contribution in [0.15, 0.2) is 78.9 Å². The van der Waals surface area contributed by atoms with E-state index in [2.05, 4.69) is 10.2 Å². The number of ether oxygens (including phenoxy) is 2. The van der Waals surface area contributed by atoms with Gasteiger partial charge in [-0.2, -0.15) is 15.0 Å². The summed E-state index contributed by atoms with van der Waals surface area (Å²) in [6.07, 6.45) is 0.0532. The van der Waals surface area contributed by atoms with E-state index in [1.807, 2.05) is 54.6 Å². The average Bonchev–Trinajstić information content (AvgIpc) is 3.36. The van der Waals surface area contributed by atoms with Crippen LogP contribution in [0.2, 0.25) is 5.02 Å². The van der Waals surface area contributed by atoms with Gasteiger partial charge in [-0.3, -0.25) is 9.59 Å². The molecule has 0 aliphatic carbocycles. The first-order chi connectivity index (χ1) is 18.9. The molecule has 3 aromatic carbocycles. The molecule has 0 N–H and O–H groups in total. The molecular formula is C29H30ClN5O4. The minimum atomic E-state index is -1.03. The summed E-state index contributed by atoms with van der Waals surface area (Å²) in [5, 5.41) is 9.42. The zero-order valence-electron chi connectivity index (χ0n) is 21.7. The van der Waals surface area contributed by atoms with Crippen molar-refractivity contribution in [1.29, 1.82) is 0 Å². The number of fused-ring (bicyclic) bond motifs is 1. The lowest BCUT2D eigenvalue weighted by atomic mass is 9.96. The summed E-state index contributed by atoms with van der Waals surface area (Å²) in [7, 11) is 1.77. The van der Waals surface area contributed by atoms with E-state index < -0.39 is 5.60 Å². The highest BCUT2D eigenvalue weighted by molar-refractivity contribution is 6.30. The number of carbonyl (C=O) groups excluding carboxylic acids is 2. The fourth-order valence-electron chi connectivity index (χ4n) is 4.60. The summed E-state index contributed by atoms with van der Waals surface area (Å²) in [6, 6.07) is 24.3. The number of aromatic nitrogens is 3. The molecule has 1 fully saturated rings. The highest BCUT2D eigenvalue weighted by atomic mass is 35.5. The Bertz CT molecular complexity index is 1400. The third kappa shape index (κ3) is 6.74. The molecule has 2 amide bonds. The molecule has 9 nitrogen and oxygen atoms in total. The Morgan fingerprint density at radius 3 is 2.36 bits per heavy atom. The van der Waals surface area contributed by atoms with Crippen molar-refractivity contribution in [1.82, 2.24) is 24.8 Å². The summed E-state index contributed by atoms with van der Waals surface area (Å²) in [5.74, 6) is 0.343. The molecule has 5 rings (SSSR count). The maximum Gasteiger partial charge on any atom is 0.246 e. The lowest BCUT2D eigenvalue weighted by molar-refractivity contribution is -0.166. The molecule has 1 aromatic heterocycles. The van der Waals surface area contributed by atoms with Gasteiger partial charge in [-0.1, -0.05) is 54.1 Å². The number of nitrogens with zero attached hydrogens (tertiary/aromatic N) is 5. The van der Waals surface area contributed by atoms with Gasteiger partial charge in [0.1, 0.15) is 35.5 Å². The van der Waals surface area contributed by atoms with Gasteiger partial charge in [0.05, 0.1) is 19.6 Å². The van der Waals surface area contributed by atoms with Crippen molar-refractivity contribution in [2.75, 3.05) is 33.4 Å². The summed E-state index contributed by atoms with van der Waals surface area (Å²) in [4.78, 5) is 31.5. The van der Waals surface area contributed by atoms with Crippen LogP contribution < -0.4 is 4.74 Å². The summed E-state index contributed by atoms with van der Waals surface area (Å²) < 4.78 is 12.3. The lowest BCUT2D eigenvalue weighted by Crippen LogP contribution is -2.58. The first kappa shape index (κ1) is 26.6. The molecule has 0 unspecified atom stereocenters. The molecule has 2 heterocycles. The number of hydrogen-bond donors (Lipinski definition) is 0.